The highest BCUT2D eigenvalue weighted by Crippen LogP contribution is 2.39. The Hall–Kier alpha value is -3.68. The number of rotatable bonds is 4. The summed E-state index contributed by atoms with van der Waals surface area (Å²) in [5.41, 5.74) is 3.95. The quantitative estimate of drug-likeness (QED) is 0.358. The van der Waals surface area contributed by atoms with Crippen molar-refractivity contribution >= 4 is 46.1 Å². The molecule has 0 bridgehead atoms. The highest BCUT2D eigenvalue weighted by Gasteiger charge is 2.28. The third-order valence-electron chi connectivity index (χ3n) is 5.87. The smallest absolute Gasteiger partial charge is 0.259 e. The largest absolute Gasteiger partial charge is 0.496 e. The molecule has 8 heteroatoms. The first-order valence-corrected chi connectivity index (χ1v) is 12.3. The highest BCUT2D eigenvalue weighted by atomic mass is 35.5. The Balaban J connectivity index is 1.42. The molecule has 176 valence electrons. The molecule has 2 amide bonds. The number of benzene rings is 3. The minimum Gasteiger partial charge on any atom is -0.496 e. The summed E-state index contributed by atoms with van der Waals surface area (Å²) < 4.78 is 5.27. The van der Waals surface area contributed by atoms with Gasteiger partial charge in [-0.3, -0.25) is 9.59 Å². The topological polar surface area (TPSA) is 71.5 Å². The van der Waals surface area contributed by atoms with E-state index in [9.17, 15) is 9.59 Å². The van der Waals surface area contributed by atoms with Crippen molar-refractivity contribution < 1.29 is 14.3 Å². The summed E-state index contributed by atoms with van der Waals surface area (Å²) in [6.45, 7) is 2.52. The van der Waals surface area contributed by atoms with Gasteiger partial charge >= 0.3 is 0 Å². The normalized spacial score (nSPS) is 12.4. The number of thiazole rings is 1. The van der Waals surface area contributed by atoms with Gasteiger partial charge in [-0.25, -0.2) is 4.98 Å². The molecule has 5 rings (SSSR count). The van der Waals surface area contributed by atoms with Gasteiger partial charge in [0.25, 0.3) is 11.8 Å². The summed E-state index contributed by atoms with van der Waals surface area (Å²) in [6, 6.07) is 19.7. The zero-order valence-corrected chi connectivity index (χ0v) is 20.7. The van der Waals surface area contributed by atoms with Crippen LogP contribution in [0.1, 0.15) is 30.6 Å². The van der Waals surface area contributed by atoms with Gasteiger partial charge < -0.3 is 15.0 Å². The fraction of sp³-hybridized carbons (Fsp3) is 0.148. The van der Waals surface area contributed by atoms with E-state index in [1.165, 1.54) is 12.0 Å². The highest BCUT2D eigenvalue weighted by molar-refractivity contribution is 7.12. The Morgan fingerprint density at radius 1 is 1.06 bits per heavy atom. The summed E-state index contributed by atoms with van der Waals surface area (Å²) in [5, 5.41) is 4.10. The maximum atomic E-state index is 13.6. The van der Waals surface area contributed by atoms with Crippen molar-refractivity contribution in [3.05, 3.63) is 92.8 Å². The number of para-hydroxylation sites is 2. The second kappa shape index (κ2) is 9.52. The van der Waals surface area contributed by atoms with E-state index in [1.54, 1.807) is 58.7 Å². The number of halogens is 1. The van der Waals surface area contributed by atoms with Crippen LogP contribution in [0.15, 0.2) is 66.7 Å². The SMILES string of the molecule is COc1ccccc1C(=O)Nc1ccc(C(=O)N2CCc3sc(C)nc3-c3ccccc32)c(Cl)c1. The van der Waals surface area contributed by atoms with Gasteiger partial charge in [0.15, 0.2) is 0 Å². The van der Waals surface area contributed by atoms with E-state index in [1.807, 2.05) is 31.2 Å². The van der Waals surface area contributed by atoms with E-state index >= 15 is 0 Å². The van der Waals surface area contributed by atoms with E-state index < -0.39 is 0 Å². The maximum absolute atomic E-state index is 13.6. The third kappa shape index (κ3) is 4.40. The lowest BCUT2D eigenvalue weighted by molar-refractivity contribution is 0.0986. The number of nitrogens with zero attached hydrogens (tertiary/aromatic N) is 2. The first-order chi connectivity index (χ1) is 17.0. The number of aryl methyl sites for hydroxylation is 1. The lowest BCUT2D eigenvalue weighted by Crippen LogP contribution is -2.32. The van der Waals surface area contributed by atoms with Gasteiger partial charge in [-0.1, -0.05) is 41.9 Å². The van der Waals surface area contributed by atoms with Gasteiger partial charge in [-0.2, -0.15) is 0 Å². The molecule has 1 aliphatic rings. The monoisotopic (exact) mass is 503 g/mol. The number of nitrogens with one attached hydrogen (secondary N) is 1. The van der Waals surface area contributed by atoms with E-state index in [0.29, 0.717) is 35.5 Å². The van der Waals surface area contributed by atoms with Crippen LogP contribution in [0.5, 0.6) is 5.75 Å². The maximum Gasteiger partial charge on any atom is 0.259 e. The van der Waals surface area contributed by atoms with Gasteiger partial charge in [0.2, 0.25) is 0 Å². The van der Waals surface area contributed by atoms with Crippen molar-refractivity contribution in [1.82, 2.24) is 4.98 Å². The molecule has 0 unspecified atom stereocenters. The average Bonchev–Trinajstić information content (AvgIpc) is 3.17. The molecule has 0 saturated heterocycles. The fourth-order valence-electron chi connectivity index (χ4n) is 4.25. The van der Waals surface area contributed by atoms with Gasteiger partial charge in [0.1, 0.15) is 5.75 Å². The number of amides is 2. The number of methoxy groups -OCH3 is 1. The first-order valence-electron chi connectivity index (χ1n) is 11.1. The van der Waals surface area contributed by atoms with Crippen LogP contribution in [0.4, 0.5) is 11.4 Å². The van der Waals surface area contributed by atoms with Crippen LogP contribution in [-0.2, 0) is 6.42 Å². The molecule has 1 N–H and O–H groups in total. The lowest BCUT2D eigenvalue weighted by Gasteiger charge is -2.23. The summed E-state index contributed by atoms with van der Waals surface area (Å²) in [7, 11) is 1.51. The number of carbonyl (C=O) groups excluding carboxylic acids is 2. The average molecular weight is 504 g/mol. The van der Waals surface area contributed by atoms with Crippen LogP contribution in [0.2, 0.25) is 5.02 Å². The van der Waals surface area contributed by atoms with E-state index in [0.717, 1.165) is 22.0 Å². The van der Waals surface area contributed by atoms with Crippen molar-refractivity contribution in [2.24, 2.45) is 0 Å². The Kier molecular flexibility index (Phi) is 6.28. The molecule has 0 aliphatic carbocycles. The number of anilines is 2. The number of ether oxygens (including phenoxy) is 1. The van der Waals surface area contributed by atoms with E-state index in [-0.39, 0.29) is 16.8 Å². The predicted molar refractivity (Wildman–Crippen MR) is 140 cm³/mol. The summed E-state index contributed by atoms with van der Waals surface area (Å²) in [4.78, 5) is 34.0. The number of fused-ring (bicyclic) bond motifs is 3. The fourth-order valence-corrected chi connectivity index (χ4v) is 5.45. The van der Waals surface area contributed by atoms with Crippen LogP contribution >= 0.6 is 22.9 Å². The van der Waals surface area contributed by atoms with Crippen molar-refractivity contribution in [1.29, 1.82) is 0 Å². The van der Waals surface area contributed by atoms with Gasteiger partial charge in [0, 0.05) is 29.1 Å². The number of hydrogen-bond acceptors (Lipinski definition) is 5. The number of aromatic nitrogens is 1. The van der Waals surface area contributed by atoms with Gasteiger partial charge in [0.05, 0.1) is 39.6 Å². The summed E-state index contributed by atoms with van der Waals surface area (Å²) >= 11 is 8.22. The van der Waals surface area contributed by atoms with Crippen molar-refractivity contribution in [2.45, 2.75) is 13.3 Å². The van der Waals surface area contributed by atoms with Crippen molar-refractivity contribution in [3.63, 3.8) is 0 Å². The minimum absolute atomic E-state index is 0.197. The van der Waals surface area contributed by atoms with Crippen molar-refractivity contribution in [2.75, 3.05) is 23.9 Å². The molecule has 4 aromatic rings. The molecule has 1 aliphatic heterocycles. The second-order valence-corrected chi connectivity index (χ2v) is 9.77. The van der Waals surface area contributed by atoms with Crippen LogP contribution in [0, 0.1) is 6.92 Å². The molecular weight excluding hydrogens is 482 g/mol. The molecular formula is C27H22ClN3O3S. The van der Waals surface area contributed by atoms with Crippen LogP contribution in [0.25, 0.3) is 11.3 Å². The zero-order chi connectivity index (χ0) is 24.5. The standard InChI is InChI=1S/C27H22ClN3O3S/c1-16-29-25-19-7-3-5-9-22(19)31(14-13-24(25)35-16)27(33)18-12-11-17(15-21(18)28)30-26(32)20-8-4-6-10-23(20)34-2/h3-12,15H,13-14H2,1-2H3,(H,30,32). The Bertz CT molecular complexity index is 1450. The van der Waals surface area contributed by atoms with Crippen molar-refractivity contribution in [3.8, 4) is 17.0 Å². The summed E-state index contributed by atoms with van der Waals surface area (Å²) in [6.07, 6.45) is 0.714. The molecule has 1 aromatic heterocycles. The molecule has 0 spiro atoms. The lowest BCUT2D eigenvalue weighted by atomic mass is 10.1. The Morgan fingerprint density at radius 3 is 2.63 bits per heavy atom. The summed E-state index contributed by atoms with van der Waals surface area (Å²) in [5.74, 6) is -0.0502. The van der Waals surface area contributed by atoms with Crippen LogP contribution in [0.3, 0.4) is 0 Å². The molecule has 6 nitrogen and oxygen atoms in total. The second-order valence-electron chi connectivity index (χ2n) is 8.08. The predicted octanol–water partition coefficient (Wildman–Crippen LogP) is 6.24. The molecule has 2 heterocycles. The molecule has 0 fully saturated rings. The molecule has 0 saturated carbocycles. The Morgan fingerprint density at radius 2 is 1.83 bits per heavy atom. The zero-order valence-electron chi connectivity index (χ0n) is 19.2. The van der Waals surface area contributed by atoms with Gasteiger partial charge in [-0.15, -0.1) is 11.3 Å². The first kappa shape index (κ1) is 23.1. The Labute approximate surface area is 212 Å². The molecule has 0 atom stereocenters. The minimum atomic E-state index is -0.326. The molecule has 35 heavy (non-hydrogen) atoms. The third-order valence-corrected chi connectivity index (χ3v) is 7.21. The number of hydrogen-bond donors (Lipinski definition) is 1. The van der Waals surface area contributed by atoms with E-state index in [2.05, 4.69) is 5.32 Å². The molecule has 3 aromatic carbocycles. The van der Waals surface area contributed by atoms with Crippen LogP contribution in [-0.4, -0.2) is 30.5 Å². The number of carbonyl (C=O) groups is 2. The molecule has 0 radical (unpaired) electrons. The van der Waals surface area contributed by atoms with E-state index in [4.69, 9.17) is 21.3 Å². The van der Waals surface area contributed by atoms with Gasteiger partial charge in [-0.05, 0) is 43.3 Å². The van der Waals surface area contributed by atoms with Crippen LogP contribution < -0.4 is 15.0 Å².